The van der Waals surface area contributed by atoms with Gasteiger partial charge >= 0.3 is 0 Å². The van der Waals surface area contributed by atoms with Crippen molar-refractivity contribution in [1.82, 2.24) is 4.98 Å². The highest BCUT2D eigenvalue weighted by molar-refractivity contribution is 5.92. The van der Waals surface area contributed by atoms with Crippen LogP contribution in [0.3, 0.4) is 0 Å². The van der Waals surface area contributed by atoms with Gasteiger partial charge < -0.3 is 25.3 Å². The minimum Gasteiger partial charge on any atom is -0.493 e. The van der Waals surface area contributed by atoms with Crippen LogP contribution in [0, 0.1) is 0 Å². The Kier molecular flexibility index (Phi) is 6.35. The normalized spacial score (nSPS) is 14.8. The predicted molar refractivity (Wildman–Crippen MR) is 106 cm³/mol. The Morgan fingerprint density at radius 2 is 1.93 bits per heavy atom. The Labute approximate surface area is 159 Å². The summed E-state index contributed by atoms with van der Waals surface area (Å²) < 4.78 is 16.5. The molecule has 0 atom stereocenters. The van der Waals surface area contributed by atoms with Crippen LogP contribution in [0.1, 0.15) is 31.2 Å². The van der Waals surface area contributed by atoms with Crippen molar-refractivity contribution >= 4 is 11.6 Å². The van der Waals surface area contributed by atoms with Crippen LogP contribution in [0.2, 0.25) is 0 Å². The molecule has 144 valence electrons. The molecule has 7 nitrogen and oxygen atoms in total. The number of nitrogens with one attached hydrogen (secondary N) is 1. The molecule has 0 radical (unpaired) electrons. The Morgan fingerprint density at radius 1 is 1.15 bits per heavy atom. The minimum absolute atomic E-state index is 0.285. The lowest BCUT2D eigenvalue weighted by atomic mass is 10.2. The Balaban J connectivity index is 1.60. The van der Waals surface area contributed by atoms with Gasteiger partial charge in [-0.25, -0.2) is 9.98 Å². The van der Waals surface area contributed by atoms with Crippen molar-refractivity contribution in [3.8, 4) is 17.4 Å². The lowest BCUT2D eigenvalue weighted by Gasteiger charge is -2.12. The van der Waals surface area contributed by atoms with E-state index in [2.05, 4.69) is 15.3 Å². The van der Waals surface area contributed by atoms with E-state index in [1.807, 2.05) is 24.3 Å². The second-order valence-corrected chi connectivity index (χ2v) is 6.42. The molecule has 7 heteroatoms. The number of pyridine rings is 1. The molecule has 0 bridgehead atoms. The molecule has 0 saturated heterocycles. The zero-order valence-corrected chi connectivity index (χ0v) is 15.8. The van der Waals surface area contributed by atoms with Gasteiger partial charge in [0.1, 0.15) is 6.10 Å². The largest absolute Gasteiger partial charge is 0.493 e. The second kappa shape index (κ2) is 9.12. The molecule has 1 aromatic carbocycles. The van der Waals surface area contributed by atoms with E-state index in [0.29, 0.717) is 29.9 Å². The van der Waals surface area contributed by atoms with Gasteiger partial charge in [-0.05, 0) is 49.4 Å². The number of benzene rings is 1. The first-order chi connectivity index (χ1) is 13.2. The maximum Gasteiger partial charge on any atom is 0.213 e. The summed E-state index contributed by atoms with van der Waals surface area (Å²) in [5.74, 6) is 2.25. The number of aliphatic imine (C=N–C) groups is 1. The van der Waals surface area contributed by atoms with E-state index in [0.717, 1.165) is 24.1 Å². The van der Waals surface area contributed by atoms with E-state index in [1.165, 1.54) is 12.8 Å². The molecule has 1 heterocycles. The number of methoxy groups -OCH3 is 2. The smallest absolute Gasteiger partial charge is 0.213 e. The fourth-order valence-corrected chi connectivity index (χ4v) is 3.07. The Morgan fingerprint density at radius 3 is 2.67 bits per heavy atom. The standard InChI is InChI=1S/C20H26N4O3/c1-25-17-8-7-15(12-18(17)26-2)24-20(21)23-13-14-9-10-22-19(11-14)27-16-5-3-4-6-16/h7-12,16H,3-6,13H2,1-2H3,(H3,21,23,24). The highest BCUT2D eigenvalue weighted by Crippen LogP contribution is 2.29. The summed E-state index contributed by atoms with van der Waals surface area (Å²) in [5.41, 5.74) is 7.77. The third-order valence-electron chi connectivity index (χ3n) is 4.48. The van der Waals surface area contributed by atoms with Crippen LogP contribution < -0.4 is 25.3 Å². The van der Waals surface area contributed by atoms with E-state index in [4.69, 9.17) is 19.9 Å². The third-order valence-corrected chi connectivity index (χ3v) is 4.48. The van der Waals surface area contributed by atoms with Crippen LogP contribution in [0.15, 0.2) is 41.5 Å². The summed E-state index contributed by atoms with van der Waals surface area (Å²) in [5, 5.41) is 3.06. The van der Waals surface area contributed by atoms with Crippen molar-refractivity contribution in [3.05, 3.63) is 42.1 Å². The summed E-state index contributed by atoms with van der Waals surface area (Å²) >= 11 is 0. The minimum atomic E-state index is 0.285. The first-order valence-corrected chi connectivity index (χ1v) is 9.08. The number of hydrogen-bond donors (Lipinski definition) is 2. The van der Waals surface area contributed by atoms with Crippen molar-refractivity contribution in [2.45, 2.75) is 38.3 Å². The first kappa shape index (κ1) is 18.8. The number of nitrogens with zero attached hydrogens (tertiary/aromatic N) is 2. The number of rotatable bonds is 7. The molecule has 1 aromatic heterocycles. The monoisotopic (exact) mass is 370 g/mol. The second-order valence-electron chi connectivity index (χ2n) is 6.42. The quantitative estimate of drug-likeness (QED) is 0.574. The van der Waals surface area contributed by atoms with Crippen molar-refractivity contribution in [2.75, 3.05) is 19.5 Å². The average Bonchev–Trinajstić information content (AvgIpc) is 3.19. The van der Waals surface area contributed by atoms with E-state index in [9.17, 15) is 0 Å². The number of anilines is 1. The van der Waals surface area contributed by atoms with Gasteiger partial charge in [-0.3, -0.25) is 0 Å². The summed E-state index contributed by atoms with van der Waals surface area (Å²) in [6.45, 7) is 0.440. The molecule has 0 aliphatic heterocycles. The fraction of sp³-hybridized carbons (Fsp3) is 0.400. The molecule has 3 rings (SSSR count). The molecule has 1 aliphatic carbocycles. The van der Waals surface area contributed by atoms with Crippen LogP contribution in [0.4, 0.5) is 5.69 Å². The number of nitrogens with two attached hydrogens (primary N) is 1. The molecule has 3 N–H and O–H groups in total. The van der Waals surface area contributed by atoms with Gasteiger partial charge in [-0.1, -0.05) is 0 Å². The van der Waals surface area contributed by atoms with Crippen LogP contribution in [0.5, 0.6) is 17.4 Å². The summed E-state index contributed by atoms with van der Waals surface area (Å²) in [4.78, 5) is 8.68. The average molecular weight is 370 g/mol. The van der Waals surface area contributed by atoms with Gasteiger partial charge in [0.2, 0.25) is 5.88 Å². The van der Waals surface area contributed by atoms with E-state index < -0.39 is 0 Å². The molecule has 1 aliphatic rings. The van der Waals surface area contributed by atoms with Crippen LogP contribution in [0.25, 0.3) is 0 Å². The lowest BCUT2D eigenvalue weighted by Crippen LogP contribution is -2.22. The summed E-state index contributed by atoms with van der Waals surface area (Å²) in [7, 11) is 3.19. The molecular weight excluding hydrogens is 344 g/mol. The third kappa shape index (κ3) is 5.26. The van der Waals surface area contributed by atoms with Gasteiger partial charge in [0.05, 0.1) is 20.8 Å². The maximum absolute atomic E-state index is 6.01. The van der Waals surface area contributed by atoms with Crippen molar-refractivity contribution in [3.63, 3.8) is 0 Å². The predicted octanol–water partition coefficient (Wildman–Crippen LogP) is 3.35. The molecule has 27 heavy (non-hydrogen) atoms. The van der Waals surface area contributed by atoms with E-state index in [1.54, 1.807) is 26.5 Å². The highest BCUT2D eigenvalue weighted by Gasteiger charge is 2.17. The van der Waals surface area contributed by atoms with Gasteiger partial charge in [0.15, 0.2) is 17.5 Å². The Bertz CT molecular complexity index is 789. The van der Waals surface area contributed by atoms with E-state index >= 15 is 0 Å². The summed E-state index contributed by atoms with van der Waals surface area (Å²) in [6.07, 6.45) is 6.69. The molecule has 1 fully saturated rings. The number of hydrogen-bond acceptors (Lipinski definition) is 5. The number of ether oxygens (including phenoxy) is 3. The van der Waals surface area contributed by atoms with Gasteiger partial charge in [0.25, 0.3) is 0 Å². The molecule has 0 unspecified atom stereocenters. The highest BCUT2D eigenvalue weighted by atomic mass is 16.5. The zero-order valence-electron chi connectivity index (χ0n) is 15.8. The fourth-order valence-electron chi connectivity index (χ4n) is 3.07. The number of aromatic nitrogens is 1. The molecule has 0 amide bonds. The first-order valence-electron chi connectivity index (χ1n) is 9.08. The molecule has 0 spiro atoms. The van der Waals surface area contributed by atoms with Crippen molar-refractivity contribution < 1.29 is 14.2 Å². The number of guanidine groups is 1. The molecule has 1 saturated carbocycles. The van der Waals surface area contributed by atoms with E-state index in [-0.39, 0.29) is 6.10 Å². The van der Waals surface area contributed by atoms with Crippen LogP contribution >= 0.6 is 0 Å². The van der Waals surface area contributed by atoms with Crippen molar-refractivity contribution in [1.29, 1.82) is 0 Å². The Hall–Kier alpha value is -2.96. The van der Waals surface area contributed by atoms with Gasteiger partial charge in [-0.15, -0.1) is 0 Å². The topological polar surface area (TPSA) is 91.0 Å². The molecular formula is C20H26N4O3. The van der Waals surface area contributed by atoms with Crippen molar-refractivity contribution in [2.24, 2.45) is 10.7 Å². The van der Waals surface area contributed by atoms with Crippen LogP contribution in [-0.2, 0) is 6.54 Å². The molecule has 2 aromatic rings. The SMILES string of the molecule is COc1ccc(NC(N)=NCc2ccnc(OC3CCCC3)c2)cc1OC. The zero-order chi connectivity index (χ0) is 19.1. The van der Waals surface area contributed by atoms with Gasteiger partial charge in [0, 0.05) is 24.0 Å². The van der Waals surface area contributed by atoms with Gasteiger partial charge in [-0.2, -0.15) is 0 Å². The maximum atomic E-state index is 6.01. The summed E-state index contributed by atoms with van der Waals surface area (Å²) in [6, 6.07) is 9.30. The lowest BCUT2D eigenvalue weighted by molar-refractivity contribution is 0.201. The van der Waals surface area contributed by atoms with Crippen LogP contribution in [-0.4, -0.2) is 31.3 Å².